The zero-order valence-electron chi connectivity index (χ0n) is 14.2. The van der Waals surface area contributed by atoms with Crippen LogP contribution in [0.3, 0.4) is 0 Å². The number of carbonyl (C=O) groups excluding carboxylic acids is 1. The van der Waals surface area contributed by atoms with E-state index in [1.807, 2.05) is 19.1 Å². The Morgan fingerprint density at radius 1 is 1.12 bits per heavy atom. The van der Waals surface area contributed by atoms with Crippen molar-refractivity contribution >= 4 is 11.6 Å². The van der Waals surface area contributed by atoms with Crippen LogP contribution in [0.4, 0.5) is 5.69 Å². The van der Waals surface area contributed by atoms with E-state index < -0.39 is 4.92 Å². The van der Waals surface area contributed by atoms with Crippen LogP contribution >= 0.6 is 0 Å². The number of benzene rings is 2. The first-order valence-electron chi connectivity index (χ1n) is 7.90. The summed E-state index contributed by atoms with van der Waals surface area (Å²) < 4.78 is 10.9. The van der Waals surface area contributed by atoms with Gasteiger partial charge in [0.25, 0.3) is 11.6 Å². The second-order valence-corrected chi connectivity index (χ2v) is 5.22. The van der Waals surface area contributed by atoms with Crippen molar-refractivity contribution in [3.63, 3.8) is 0 Å². The van der Waals surface area contributed by atoms with Crippen LogP contribution in [0.2, 0.25) is 0 Å². The molecule has 0 bridgehead atoms. The zero-order valence-corrected chi connectivity index (χ0v) is 14.2. The molecule has 2 rings (SSSR count). The summed E-state index contributed by atoms with van der Waals surface area (Å²) in [7, 11) is 0. The average Bonchev–Trinajstić information content (AvgIpc) is 2.60. The van der Waals surface area contributed by atoms with E-state index in [0.717, 1.165) is 5.75 Å². The normalized spacial score (nSPS) is 10.2. The highest BCUT2D eigenvalue weighted by Gasteiger charge is 2.17. The first-order chi connectivity index (χ1) is 12.0. The molecule has 0 saturated carbocycles. The summed E-state index contributed by atoms with van der Waals surface area (Å²) in [6, 6.07) is 11.6. The highest BCUT2D eigenvalue weighted by molar-refractivity contribution is 5.96. The topological polar surface area (TPSA) is 90.7 Å². The lowest BCUT2D eigenvalue weighted by Crippen LogP contribution is -2.28. The number of nitrogens with zero attached hydrogens (tertiary/aromatic N) is 1. The van der Waals surface area contributed by atoms with E-state index >= 15 is 0 Å². The van der Waals surface area contributed by atoms with E-state index in [1.54, 1.807) is 25.1 Å². The molecule has 2 aromatic rings. The SMILES string of the molecule is CCOc1ccc(OCCNC(=O)c2cccc([N+](=O)[O-])c2C)cc1. The number of nitro benzene ring substituents is 1. The molecule has 7 nitrogen and oxygen atoms in total. The van der Waals surface area contributed by atoms with Crippen LogP contribution in [0.25, 0.3) is 0 Å². The molecule has 0 aliphatic heterocycles. The van der Waals surface area contributed by atoms with E-state index in [1.165, 1.54) is 12.1 Å². The Labute approximate surface area is 145 Å². The Kier molecular flexibility index (Phi) is 6.33. The first-order valence-corrected chi connectivity index (χ1v) is 7.90. The number of amides is 1. The summed E-state index contributed by atoms with van der Waals surface area (Å²) >= 11 is 0. The first kappa shape index (κ1) is 18.3. The maximum absolute atomic E-state index is 12.2. The van der Waals surface area contributed by atoms with Crippen LogP contribution in [0.5, 0.6) is 11.5 Å². The van der Waals surface area contributed by atoms with Crippen LogP contribution in [0.15, 0.2) is 42.5 Å². The van der Waals surface area contributed by atoms with Gasteiger partial charge in [-0.15, -0.1) is 0 Å². The van der Waals surface area contributed by atoms with Crippen LogP contribution < -0.4 is 14.8 Å². The Morgan fingerprint density at radius 3 is 2.36 bits per heavy atom. The van der Waals surface area contributed by atoms with Crippen LogP contribution in [0.1, 0.15) is 22.8 Å². The molecule has 25 heavy (non-hydrogen) atoms. The third kappa shape index (κ3) is 4.94. The zero-order chi connectivity index (χ0) is 18.2. The Bertz CT molecular complexity index is 744. The summed E-state index contributed by atoms with van der Waals surface area (Å²) in [6.07, 6.45) is 0. The molecule has 0 unspecified atom stereocenters. The minimum atomic E-state index is -0.499. The molecule has 0 fully saturated rings. The van der Waals surface area contributed by atoms with Crippen molar-refractivity contribution in [2.75, 3.05) is 19.8 Å². The largest absolute Gasteiger partial charge is 0.494 e. The third-order valence-electron chi connectivity index (χ3n) is 3.54. The molecule has 1 amide bonds. The highest BCUT2D eigenvalue weighted by atomic mass is 16.6. The van der Waals surface area contributed by atoms with Gasteiger partial charge in [0.05, 0.1) is 18.1 Å². The molecule has 0 radical (unpaired) electrons. The van der Waals surface area contributed by atoms with Crippen LogP contribution in [-0.2, 0) is 0 Å². The number of carbonyl (C=O) groups is 1. The molecule has 1 N–H and O–H groups in total. The van der Waals surface area contributed by atoms with Crippen molar-refractivity contribution in [1.29, 1.82) is 0 Å². The van der Waals surface area contributed by atoms with Crippen molar-refractivity contribution in [2.45, 2.75) is 13.8 Å². The molecule has 0 spiro atoms. The van der Waals surface area contributed by atoms with Gasteiger partial charge in [0.1, 0.15) is 18.1 Å². The van der Waals surface area contributed by atoms with Crippen molar-refractivity contribution < 1.29 is 19.2 Å². The molecule has 2 aromatic carbocycles. The van der Waals surface area contributed by atoms with E-state index in [9.17, 15) is 14.9 Å². The minimum Gasteiger partial charge on any atom is -0.494 e. The lowest BCUT2D eigenvalue weighted by molar-refractivity contribution is -0.385. The molecule has 0 saturated heterocycles. The van der Waals surface area contributed by atoms with Gasteiger partial charge in [-0.25, -0.2) is 0 Å². The Balaban J connectivity index is 1.84. The van der Waals surface area contributed by atoms with Crippen molar-refractivity contribution in [3.05, 3.63) is 63.7 Å². The van der Waals surface area contributed by atoms with Crippen LogP contribution in [-0.4, -0.2) is 30.6 Å². The lowest BCUT2D eigenvalue weighted by Gasteiger charge is -2.10. The van der Waals surface area contributed by atoms with Gasteiger partial charge in [-0.2, -0.15) is 0 Å². The number of hydrogen-bond acceptors (Lipinski definition) is 5. The fourth-order valence-corrected chi connectivity index (χ4v) is 2.29. The van der Waals surface area contributed by atoms with Gasteiger partial charge in [-0.3, -0.25) is 14.9 Å². The second-order valence-electron chi connectivity index (χ2n) is 5.22. The number of hydrogen-bond donors (Lipinski definition) is 1. The fraction of sp³-hybridized carbons (Fsp3) is 0.278. The van der Waals surface area contributed by atoms with E-state index in [4.69, 9.17) is 9.47 Å². The maximum Gasteiger partial charge on any atom is 0.273 e. The average molecular weight is 344 g/mol. The van der Waals surface area contributed by atoms with Crippen molar-refractivity contribution in [1.82, 2.24) is 5.32 Å². The van der Waals surface area contributed by atoms with Crippen molar-refractivity contribution in [3.8, 4) is 11.5 Å². The van der Waals surface area contributed by atoms with E-state index in [0.29, 0.717) is 17.9 Å². The van der Waals surface area contributed by atoms with Gasteiger partial charge in [-0.1, -0.05) is 6.07 Å². The van der Waals surface area contributed by atoms with Gasteiger partial charge in [-0.05, 0) is 44.2 Å². The number of nitrogens with one attached hydrogen (secondary N) is 1. The molecular formula is C18H20N2O5. The Morgan fingerprint density at radius 2 is 1.76 bits per heavy atom. The molecule has 7 heteroatoms. The summed E-state index contributed by atoms with van der Waals surface area (Å²) in [5.41, 5.74) is 0.561. The lowest BCUT2D eigenvalue weighted by atomic mass is 10.1. The summed E-state index contributed by atoms with van der Waals surface area (Å²) in [5, 5.41) is 13.6. The number of rotatable bonds is 8. The van der Waals surface area contributed by atoms with Crippen molar-refractivity contribution in [2.24, 2.45) is 0 Å². The maximum atomic E-state index is 12.2. The van der Waals surface area contributed by atoms with Crippen LogP contribution in [0, 0.1) is 17.0 Å². The minimum absolute atomic E-state index is 0.0710. The number of ether oxygens (including phenoxy) is 2. The smallest absolute Gasteiger partial charge is 0.273 e. The van der Waals surface area contributed by atoms with Gasteiger partial charge in [0.15, 0.2) is 0 Å². The molecule has 0 aliphatic carbocycles. The number of nitro groups is 1. The second kappa shape index (κ2) is 8.68. The predicted molar refractivity (Wildman–Crippen MR) is 93.3 cm³/mol. The molecule has 0 atom stereocenters. The van der Waals surface area contributed by atoms with Gasteiger partial charge in [0, 0.05) is 17.2 Å². The van der Waals surface area contributed by atoms with Gasteiger partial charge in [0.2, 0.25) is 0 Å². The van der Waals surface area contributed by atoms with Gasteiger partial charge < -0.3 is 14.8 Å². The standard InChI is InChI=1S/C18H20N2O5/c1-3-24-14-7-9-15(10-8-14)25-12-11-19-18(21)16-5-4-6-17(13(16)2)20(22)23/h4-10H,3,11-12H2,1-2H3,(H,19,21). The fourth-order valence-electron chi connectivity index (χ4n) is 2.29. The summed E-state index contributed by atoms with van der Waals surface area (Å²) in [5.74, 6) is 1.07. The molecule has 0 heterocycles. The van der Waals surface area contributed by atoms with E-state index in [-0.39, 0.29) is 30.3 Å². The predicted octanol–water partition coefficient (Wildman–Crippen LogP) is 3.11. The third-order valence-corrected chi connectivity index (χ3v) is 3.54. The molecule has 0 aromatic heterocycles. The summed E-state index contributed by atoms with van der Waals surface area (Å²) in [6.45, 7) is 4.64. The summed E-state index contributed by atoms with van der Waals surface area (Å²) in [4.78, 5) is 22.6. The quantitative estimate of drug-likeness (QED) is 0.451. The van der Waals surface area contributed by atoms with Gasteiger partial charge >= 0.3 is 0 Å². The molecule has 0 aliphatic rings. The molecular weight excluding hydrogens is 324 g/mol. The monoisotopic (exact) mass is 344 g/mol. The Hall–Kier alpha value is -3.09. The molecule has 132 valence electrons. The van der Waals surface area contributed by atoms with E-state index in [2.05, 4.69) is 5.32 Å². The highest BCUT2D eigenvalue weighted by Crippen LogP contribution is 2.21.